The van der Waals surface area contributed by atoms with E-state index in [0.717, 1.165) is 28.8 Å². The third kappa shape index (κ3) is 4.50. The molecular weight excluding hydrogens is 431 g/mol. The fraction of sp³-hybridized carbons (Fsp3) is 0.100. The van der Waals surface area contributed by atoms with Crippen LogP contribution in [0.4, 0.5) is 10.1 Å². The summed E-state index contributed by atoms with van der Waals surface area (Å²) in [4.78, 5) is 37.7. The Morgan fingerprint density at radius 3 is 2.63 bits per heavy atom. The molecule has 154 valence electrons. The van der Waals surface area contributed by atoms with Crippen molar-refractivity contribution in [3.63, 3.8) is 0 Å². The number of amides is 2. The number of carboxylic acids is 1. The summed E-state index contributed by atoms with van der Waals surface area (Å²) in [5, 5.41) is 21.2. The van der Waals surface area contributed by atoms with E-state index in [0.29, 0.717) is 5.56 Å². The summed E-state index contributed by atoms with van der Waals surface area (Å²) in [6.07, 6.45) is 1.50. The molecule has 0 spiro atoms. The molecule has 3 N–H and O–H groups in total. The monoisotopic (exact) mass is 446 g/mol. The highest BCUT2D eigenvalue weighted by atomic mass is 32.2. The lowest BCUT2D eigenvalue weighted by molar-refractivity contribution is -0.129. The number of hydrogen-bond acceptors (Lipinski definition) is 6. The van der Waals surface area contributed by atoms with E-state index in [2.05, 4.69) is 5.32 Å². The van der Waals surface area contributed by atoms with Gasteiger partial charge in [-0.25, -0.2) is 9.18 Å². The van der Waals surface area contributed by atoms with Crippen LogP contribution in [0.5, 0.6) is 5.75 Å². The number of anilines is 1. The predicted octanol–water partition coefficient (Wildman–Crippen LogP) is 3.46. The first-order chi connectivity index (χ1) is 14.2. The summed E-state index contributed by atoms with van der Waals surface area (Å²) in [6, 6.07) is 8.31. The van der Waals surface area contributed by atoms with Crippen LogP contribution in [0.3, 0.4) is 0 Å². The van der Waals surface area contributed by atoms with Gasteiger partial charge in [-0.3, -0.25) is 14.5 Å². The van der Waals surface area contributed by atoms with Crippen LogP contribution in [0.2, 0.25) is 0 Å². The van der Waals surface area contributed by atoms with Crippen LogP contribution in [0.15, 0.2) is 47.4 Å². The SMILES string of the molecule is CC(C(=O)Nc1ccc(C(=O)O)c(O)c1)N1C(=O)C(=Cc2cccc(F)c2)SC1=S. The van der Waals surface area contributed by atoms with Gasteiger partial charge in [0.05, 0.1) is 4.91 Å². The van der Waals surface area contributed by atoms with Gasteiger partial charge in [-0.05, 0) is 42.8 Å². The van der Waals surface area contributed by atoms with Crippen molar-refractivity contribution in [1.82, 2.24) is 4.90 Å². The quantitative estimate of drug-likeness (QED) is 0.477. The molecule has 0 saturated carbocycles. The van der Waals surface area contributed by atoms with E-state index in [9.17, 15) is 23.9 Å². The van der Waals surface area contributed by atoms with Crippen LogP contribution in [-0.4, -0.2) is 43.3 Å². The van der Waals surface area contributed by atoms with E-state index in [1.165, 1.54) is 37.3 Å². The van der Waals surface area contributed by atoms with Crippen molar-refractivity contribution in [1.29, 1.82) is 0 Å². The van der Waals surface area contributed by atoms with Crippen LogP contribution in [-0.2, 0) is 9.59 Å². The summed E-state index contributed by atoms with van der Waals surface area (Å²) in [6.45, 7) is 1.48. The molecule has 30 heavy (non-hydrogen) atoms. The number of aromatic carboxylic acids is 1. The number of halogens is 1. The summed E-state index contributed by atoms with van der Waals surface area (Å²) in [5.74, 6) is -3.32. The number of hydrogen-bond donors (Lipinski definition) is 3. The summed E-state index contributed by atoms with van der Waals surface area (Å²) >= 11 is 6.23. The highest BCUT2D eigenvalue weighted by molar-refractivity contribution is 8.26. The molecule has 2 aromatic carbocycles. The molecule has 1 fully saturated rings. The van der Waals surface area contributed by atoms with E-state index in [4.69, 9.17) is 17.3 Å². The number of rotatable bonds is 5. The maximum atomic E-state index is 13.4. The van der Waals surface area contributed by atoms with Gasteiger partial charge in [-0.15, -0.1) is 0 Å². The Balaban J connectivity index is 1.76. The van der Waals surface area contributed by atoms with E-state index in [-0.39, 0.29) is 20.5 Å². The van der Waals surface area contributed by atoms with Gasteiger partial charge in [0.15, 0.2) is 0 Å². The first-order valence-corrected chi connectivity index (χ1v) is 9.79. The zero-order valence-corrected chi connectivity index (χ0v) is 17.1. The summed E-state index contributed by atoms with van der Waals surface area (Å²) in [7, 11) is 0. The highest BCUT2D eigenvalue weighted by Gasteiger charge is 2.38. The lowest BCUT2D eigenvalue weighted by Gasteiger charge is -2.22. The molecule has 2 aromatic rings. The van der Waals surface area contributed by atoms with Gasteiger partial charge in [0.2, 0.25) is 5.91 Å². The highest BCUT2D eigenvalue weighted by Crippen LogP contribution is 2.34. The normalized spacial score (nSPS) is 16.1. The summed E-state index contributed by atoms with van der Waals surface area (Å²) < 4.78 is 13.5. The molecule has 0 bridgehead atoms. The Morgan fingerprint density at radius 2 is 2.00 bits per heavy atom. The number of carbonyl (C=O) groups is 3. The van der Waals surface area contributed by atoms with Gasteiger partial charge in [-0.2, -0.15) is 0 Å². The molecule has 0 radical (unpaired) electrons. The van der Waals surface area contributed by atoms with Crippen molar-refractivity contribution in [3.8, 4) is 5.75 Å². The third-order valence-corrected chi connectivity index (χ3v) is 5.56. The Morgan fingerprint density at radius 1 is 1.27 bits per heavy atom. The first kappa shape index (κ1) is 21.5. The molecule has 2 amide bonds. The second-order valence-electron chi connectivity index (χ2n) is 6.31. The molecule has 10 heteroatoms. The molecule has 7 nitrogen and oxygen atoms in total. The molecule has 1 heterocycles. The maximum Gasteiger partial charge on any atom is 0.339 e. The third-order valence-electron chi connectivity index (χ3n) is 4.23. The second-order valence-corrected chi connectivity index (χ2v) is 7.98. The molecule has 0 aromatic heterocycles. The first-order valence-electron chi connectivity index (χ1n) is 8.57. The van der Waals surface area contributed by atoms with Crippen molar-refractivity contribution in [2.45, 2.75) is 13.0 Å². The van der Waals surface area contributed by atoms with Crippen molar-refractivity contribution >= 4 is 57.8 Å². The Hall–Kier alpha value is -3.24. The lowest BCUT2D eigenvalue weighted by Crippen LogP contribution is -2.44. The standard InChI is InChI=1S/C20H15FN2O5S2/c1-10(17(25)22-13-5-6-14(19(27)28)15(24)9-13)23-18(26)16(30-20(23)29)8-11-3-2-4-12(21)7-11/h2-10,24H,1H3,(H,22,25)(H,27,28). The molecule has 3 rings (SSSR count). The van der Waals surface area contributed by atoms with Crippen molar-refractivity contribution < 1.29 is 29.0 Å². The maximum absolute atomic E-state index is 13.4. The number of carbonyl (C=O) groups excluding carboxylic acids is 2. The minimum absolute atomic E-state index is 0.162. The number of aromatic hydroxyl groups is 1. The molecule has 1 aliphatic rings. The fourth-order valence-electron chi connectivity index (χ4n) is 2.72. The number of thiocarbonyl (C=S) groups is 1. The molecule has 1 aliphatic heterocycles. The van der Waals surface area contributed by atoms with Crippen molar-refractivity contribution in [2.75, 3.05) is 5.32 Å². The zero-order valence-electron chi connectivity index (χ0n) is 15.5. The van der Waals surface area contributed by atoms with Crippen LogP contribution in [0, 0.1) is 5.82 Å². The van der Waals surface area contributed by atoms with E-state index in [1.807, 2.05) is 0 Å². The van der Waals surface area contributed by atoms with Gasteiger partial charge < -0.3 is 15.5 Å². The van der Waals surface area contributed by atoms with Gasteiger partial charge in [0, 0.05) is 11.8 Å². The smallest absolute Gasteiger partial charge is 0.339 e. The number of carboxylic acid groups (broad SMARTS) is 1. The topological polar surface area (TPSA) is 107 Å². The zero-order chi connectivity index (χ0) is 22.0. The predicted molar refractivity (Wildman–Crippen MR) is 115 cm³/mol. The Kier molecular flexibility index (Phi) is 6.18. The van der Waals surface area contributed by atoms with Crippen molar-refractivity contribution in [3.05, 3.63) is 64.3 Å². The van der Waals surface area contributed by atoms with Gasteiger partial charge in [0.1, 0.15) is 27.5 Å². The van der Waals surface area contributed by atoms with Gasteiger partial charge in [-0.1, -0.05) is 36.1 Å². The molecule has 0 aliphatic carbocycles. The number of benzene rings is 2. The molecular formula is C20H15FN2O5S2. The molecule has 1 saturated heterocycles. The lowest BCUT2D eigenvalue weighted by atomic mass is 10.1. The number of nitrogens with one attached hydrogen (secondary N) is 1. The van der Waals surface area contributed by atoms with Crippen LogP contribution < -0.4 is 5.32 Å². The van der Waals surface area contributed by atoms with Gasteiger partial charge in [0.25, 0.3) is 5.91 Å². The van der Waals surface area contributed by atoms with Crippen LogP contribution >= 0.6 is 24.0 Å². The fourth-order valence-corrected chi connectivity index (χ4v) is 4.13. The molecule has 1 atom stereocenters. The number of thioether (sulfide) groups is 1. The summed E-state index contributed by atoms with van der Waals surface area (Å²) in [5.41, 5.74) is 0.345. The van der Waals surface area contributed by atoms with E-state index in [1.54, 1.807) is 6.07 Å². The van der Waals surface area contributed by atoms with Crippen LogP contribution in [0.25, 0.3) is 6.08 Å². The Bertz CT molecular complexity index is 1100. The largest absolute Gasteiger partial charge is 0.507 e. The number of phenols is 1. The minimum Gasteiger partial charge on any atom is -0.507 e. The average molecular weight is 446 g/mol. The van der Waals surface area contributed by atoms with E-state index < -0.39 is 35.4 Å². The van der Waals surface area contributed by atoms with Crippen LogP contribution in [0.1, 0.15) is 22.8 Å². The average Bonchev–Trinajstić information content (AvgIpc) is 2.94. The minimum atomic E-state index is -1.30. The molecule has 1 unspecified atom stereocenters. The van der Waals surface area contributed by atoms with Gasteiger partial charge >= 0.3 is 5.97 Å². The van der Waals surface area contributed by atoms with Crippen molar-refractivity contribution in [2.24, 2.45) is 0 Å². The Labute approximate surface area is 180 Å². The van der Waals surface area contributed by atoms with E-state index >= 15 is 0 Å². The number of nitrogens with zero attached hydrogens (tertiary/aromatic N) is 1. The second kappa shape index (κ2) is 8.64.